The van der Waals surface area contributed by atoms with Crippen molar-refractivity contribution >= 4 is 24.3 Å². The Morgan fingerprint density at radius 2 is 2.17 bits per heavy atom. The van der Waals surface area contributed by atoms with Crippen molar-refractivity contribution in [3.8, 4) is 0 Å². The molecule has 1 aliphatic rings. The number of rotatable bonds is 5. The van der Waals surface area contributed by atoms with Crippen molar-refractivity contribution in [1.29, 1.82) is 0 Å². The van der Waals surface area contributed by atoms with E-state index in [1.807, 2.05) is 37.3 Å². The third-order valence-corrected chi connectivity index (χ3v) is 6.31. The molecule has 2 unspecified atom stereocenters. The number of halogens is 1. The van der Waals surface area contributed by atoms with Crippen LogP contribution in [0.25, 0.3) is 0 Å². The van der Waals surface area contributed by atoms with Crippen molar-refractivity contribution in [2.45, 2.75) is 18.6 Å². The van der Waals surface area contributed by atoms with Gasteiger partial charge in [0.1, 0.15) is 0 Å². The maximum absolute atomic E-state index is 13.3. The first-order valence-corrected chi connectivity index (χ1v) is 8.03. The van der Waals surface area contributed by atoms with E-state index < -0.39 is 12.6 Å². The molecule has 1 aliphatic heterocycles. The van der Waals surface area contributed by atoms with Gasteiger partial charge in [-0.15, -0.1) is 11.6 Å². The molecule has 0 saturated heterocycles. The topological polar surface area (TPSA) is 51.0 Å². The summed E-state index contributed by atoms with van der Waals surface area (Å²) in [5, 5.41) is 8.05. The molecule has 98 valence electrons. The molecule has 0 aliphatic carbocycles. The van der Waals surface area contributed by atoms with Crippen LogP contribution in [0.3, 0.4) is 0 Å². The quantitative estimate of drug-likeness (QED) is 0.615. The van der Waals surface area contributed by atoms with E-state index in [1.54, 1.807) is 0 Å². The summed E-state index contributed by atoms with van der Waals surface area (Å²) >= 11 is 5.65. The second kappa shape index (κ2) is 5.52. The fraction of sp³-hybridized carbons (Fsp3) is 0.500. The van der Waals surface area contributed by atoms with Crippen molar-refractivity contribution in [2.75, 3.05) is 19.0 Å². The highest BCUT2D eigenvalue weighted by atomic mass is 35.5. The van der Waals surface area contributed by atoms with Gasteiger partial charge in [-0.1, -0.05) is 18.2 Å². The predicted molar refractivity (Wildman–Crippen MR) is 73.1 cm³/mol. The Balaban J connectivity index is 2.41. The Kier molecular flexibility index (Phi) is 4.21. The molecule has 0 amide bonds. The highest BCUT2D eigenvalue weighted by molar-refractivity contribution is 7.68. The van der Waals surface area contributed by atoms with Crippen LogP contribution in [0.5, 0.6) is 0 Å². The van der Waals surface area contributed by atoms with Crippen molar-refractivity contribution in [1.82, 2.24) is 0 Å². The first-order chi connectivity index (χ1) is 8.62. The molecule has 1 heterocycles. The summed E-state index contributed by atoms with van der Waals surface area (Å²) in [4.78, 5) is 0. The zero-order chi connectivity index (χ0) is 13.1. The van der Waals surface area contributed by atoms with Crippen molar-refractivity contribution in [3.63, 3.8) is 0 Å². The Morgan fingerprint density at radius 3 is 2.72 bits per heavy atom. The molecule has 0 aromatic heterocycles. The van der Waals surface area contributed by atoms with Crippen molar-refractivity contribution < 1.29 is 9.09 Å². The number of hydrogen-bond acceptors (Lipinski definition) is 4. The lowest BCUT2D eigenvalue weighted by atomic mass is 10.3. The molecule has 18 heavy (non-hydrogen) atoms. The largest absolute Gasteiger partial charge is 0.322 e. The van der Waals surface area contributed by atoms with Gasteiger partial charge < -0.3 is 4.52 Å². The van der Waals surface area contributed by atoms with Crippen LogP contribution in [-0.2, 0) is 9.09 Å². The first kappa shape index (κ1) is 13.7. The molecule has 2 atom stereocenters. The summed E-state index contributed by atoms with van der Waals surface area (Å²) in [6.07, 6.45) is 0.640. The highest BCUT2D eigenvalue weighted by Gasteiger charge is 2.49. The molecule has 1 aromatic rings. The molecule has 4 nitrogen and oxygen atoms in total. The van der Waals surface area contributed by atoms with Gasteiger partial charge in [0.05, 0.1) is 13.2 Å². The summed E-state index contributed by atoms with van der Waals surface area (Å²) in [6.45, 7) is 2.68. The Labute approximate surface area is 112 Å². The minimum atomic E-state index is -3.09. The number of hydrogen-bond donors (Lipinski definition) is 0. The van der Waals surface area contributed by atoms with E-state index in [1.165, 1.54) is 0 Å². The van der Waals surface area contributed by atoms with E-state index in [9.17, 15) is 4.57 Å². The maximum atomic E-state index is 13.3. The van der Waals surface area contributed by atoms with E-state index in [-0.39, 0.29) is 6.61 Å². The third-order valence-electron chi connectivity index (χ3n) is 3.05. The van der Waals surface area contributed by atoms with Crippen LogP contribution in [0.2, 0.25) is 0 Å². The SMILES string of the molecule is CC1(P(=O)(OCCCl)c2ccccc2)CCN=N1. The number of azo groups is 1. The van der Waals surface area contributed by atoms with E-state index in [0.717, 1.165) is 0 Å². The second-order valence-electron chi connectivity index (χ2n) is 4.34. The smallest absolute Gasteiger partial charge is 0.260 e. The number of alkyl halides is 1. The van der Waals surface area contributed by atoms with Crippen LogP contribution < -0.4 is 5.30 Å². The third kappa shape index (κ3) is 2.37. The van der Waals surface area contributed by atoms with Gasteiger partial charge in [-0.2, -0.15) is 10.2 Å². The van der Waals surface area contributed by atoms with E-state index in [2.05, 4.69) is 10.2 Å². The standard InChI is InChI=1S/C12H16ClN2O2P/c1-12(7-9-14-15-12)18(16,17-10-8-13)11-5-3-2-4-6-11/h2-6H,7-10H2,1H3. The first-order valence-electron chi connectivity index (χ1n) is 5.87. The summed E-state index contributed by atoms with van der Waals surface area (Å²) < 4.78 is 18.9. The zero-order valence-corrected chi connectivity index (χ0v) is 11.9. The van der Waals surface area contributed by atoms with E-state index in [0.29, 0.717) is 24.2 Å². The molecular weight excluding hydrogens is 271 g/mol. The average molecular weight is 287 g/mol. The van der Waals surface area contributed by atoms with Crippen molar-refractivity contribution in [3.05, 3.63) is 30.3 Å². The Hall–Kier alpha value is -0.700. The summed E-state index contributed by atoms with van der Waals surface area (Å²) in [7, 11) is -3.09. The van der Waals surface area contributed by atoms with Crippen LogP contribution in [-0.4, -0.2) is 24.3 Å². The van der Waals surface area contributed by atoms with E-state index >= 15 is 0 Å². The number of nitrogens with zero attached hydrogens (tertiary/aromatic N) is 2. The predicted octanol–water partition coefficient (Wildman–Crippen LogP) is 3.42. The zero-order valence-electron chi connectivity index (χ0n) is 10.3. The van der Waals surface area contributed by atoms with Crippen LogP contribution in [0.4, 0.5) is 0 Å². The molecule has 0 N–H and O–H groups in total. The minimum absolute atomic E-state index is 0.249. The number of benzene rings is 1. The van der Waals surface area contributed by atoms with Gasteiger partial charge in [0, 0.05) is 17.6 Å². The van der Waals surface area contributed by atoms with Crippen LogP contribution in [0.15, 0.2) is 40.6 Å². The lowest BCUT2D eigenvalue weighted by Crippen LogP contribution is -2.28. The molecule has 6 heteroatoms. The molecule has 1 aromatic carbocycles. The molecule has 0 spiro atoms. The normalized spacial score (nSPS) is 26.1. The molecule has 0 saturated carbocycles. The molecule has 0 radical (unpaired) electrons. The average Bonchev–Trinajstić information content (AvgIpc) is 2.85. The van der Waals surface area contributed by atoms with Gasteiger partial charge in [-0.3, -0.25) is 4.57 Å². The molecule has 0 fully saturated rings. The van der Waals surface area contributed by atoms with Crippen LogP contribution in [0, 0.1) is 0 Å². The molecule has 0 bridgehead atoms. The van der Waals surface area contributed by atoms with Crippen molar-refractivity contribution in [2.24, 2.45) is 10.2 Å². The molecule has 2 rings (SSSR count). The van der Waals surface area contributed by atoms with Gasteiger partial charge in [0.25, 0.3) is 7.37 Å². The van der Waals surface area contributed by atoms with Gasteiger partial charge in [-0.25, -0.2) is 0 Å². The Bertz CT molecular complexity index is 480. The van der Waals surface area contributed by atoms with Crippen LogP contribution >= 0.6 is 19.0 Å². The lowest BCUT2D eigenvalue weighted by molar-refractivity contribution is 0.321. The van der Waals surface area contributed by atoms with Gasteiger partial charge in [0.2, 0.25) is 0 Å². The molecular formula is C12H16ClN2O2P. The Morgan fingerprint density at radius 1 is 1.44 bits per heavy atom. The summed E-state index contributed by atoms with van der Waals surface area (Å²) in [5.74, 6) is 0.310. The summed E-state index contributed by atoms with van der Waals surface area (Å²) in [5.41, 5.74) is 0. The monoisotopic (exact) mass is 286 g/mol. The van der Waals surface area contributed by atoms with Gasteiger partial charge in [-0.05, 0) is 19.1 Å². The van der Waals surface area contributed by atoms with E-state index in [4.69, 9.17) is 16.1 Å². The van der Waals surface area contributed by atoms with Gasteiger partial charge >= 0.3 is 0 Å². The lowest BCUT2D eigenvalue weighted by Gasteiger charge is -2.30. The van der Waals surface area contributed by atoms with Crippen LogP contribution in [0.1, 0.15) is 13.3 Å². The summed E-state index contributed by atoms with van der Waals surface area (Å²) in [6, 6.07) is 9.21. The highest BCUT2D eigenvalue weighted by Crippen LogP contribution is 2.61. The fourth-order valence-corrected chi connectivity index (χ4v) is 4.66. The minimum Gasteiger partial charge on any atom is -0.322 e. The fourth-order valence-electron chi connectivity index (χ4n) is 2.00. The second-order valence-corrected chi connectivity index (χ2v) is 7.56. The van der Waals surface area contributed by atoms with Gasteiger partial charge in [0.15, 0.2) is 5.28 Å². The maximum Gasteiger partial charge on any atom is 0.260 e.